The predicted molar refractivity (Wildman–Crippen MR) is 137 cm³/mol. The van der Waals surface area contributed by atoms with E-state index in [1.807, 2.05) is 50.0 Å². The molecule has 4 aliphatic heterocycles. The lowest BCUT2D eigenvalue weighted by Gasteiger charge is -2.41. The second-order valence-corrected chi connectivity index (χ2v) is 11.3. The summed E-state index contributed by atoms with van der Waals surface area (Å²) in [4.78, 5) is 47.4. The van der Waals surface area contributed by atoms with Crippen molar-refractivity contribution in [2.24, 2.45) is 17.8 Å². The van der Waals surface area contributed by atoms with Crippen molar-refractivity contribution >= 4 is 17.7 Å². The molecule has 1 spiro atoms. The number of nitrogens with zero attached hydrogens (tertiary/aromatic N) is 3. The average molecular weight is 502 g/mol. The molecule has 3 amide bonds. The predicted octanol–water partition coefficient (Wildman–Crippen LogP) is 2.37. The first-order valence-electron chi connectivity index (χ1n) is 13.7. The van der Waals surface area contributed by atoms with E-state index in [1.165, 1.54) is 0 Å². The Morgan fingerprint density at radius 3 is 2.39 bits per heavy atom. The Balaban J connectivity index is 1.86. The van der Waals surface area contributed by atoms with Crippen LogP contribution >= 0.6 is 0 Å². The Morgan fingerprint density at radius 2 is 1.75 bits per heavy atom. The quantitative estimate of drug-likeness (QED) is 0.387. The number of aliphatic hydroxyl groups excluding tert-OH is 1. The second kappa shape index (κ2) is 10.3. The Labute approximate surface area is 215 Å². The van der Waals surface area contributed by atoms with Crippen molar-refractivity contribution in [1.29, 1.82) is 0 Å². The van der Waals surface area contributed by atoms with Crippen molar-refractivity contribution in [3.63, 3.8) is 0 Å². The van der Waals surface area contributed by atoms with Gasteiger partial charge < -0.3 is 24.5 Å². The van der Waals surface area contributed by atoms with E-state index in [9.17, 15) is 19.5 Å². The molecule has 0 aromatic rings. The van der Waals surface area contributed by atoms with Gasteiger partial charge >= 0.3 is 0 Å². The van der Waals surface area contributed by atoms with Gasteiger partial charge in [0.2, 0.25) is 17.7 Å². The summed E-state index contributed by atoms with van der Waals surface area (Å²) in [6.07, 6.45) is 11.7. The highest BCUT2D eigenvalue weighted by atomic mass is 16.5. The van der Waals surface area contributed by atoms with Crippen LogP contribution in [0.15, 0.2) is 24.3 Å². The fourth-order valence-electron chi connectivity index (χ4n) is 6.84. The summed E-state index contributed by atoms with van der Waals surface area (Å²) in [7, 11) is 1.75. The SMILES string of the molecule is CCCCCN1CC=C[C@]23O[C@@]4(CC)C=CCN(C)C(=O)[C@H]4[C@H]2C(=O)N([C@@H](CO)CC(C)C)C3C1=O. The van der Waals surface area contributed by atoms with Gasteiger partial charge in [0.15, 0.2) is 0 Å². The van der Waals surface area contributed by atoms with Crippen molar-refractivity contribution < 1.29 is 24.2 Å². The summed E-state index contributed by atoms with van der Waals surface area (Å²) < 4.78 is 6.93. The fourth-order valence-corrected chi connectivity index (χ4v) is 6.84. The monoisotopic (exact) mass is 501 g/mol. The van der Waals surface area contributed by atoms with Crippen LogP contribution in [0.1, 0.15) is 59.8 Å². The highest BCUT2D eigenvalue weighted by Crippen LogP contribution is 2.59. The number of rotatable bonds is 9. The largest absolute Gasteiger partial charge is 0.394 e. The van der Waals surface area contributed by atoms with Gasteiger partial charge in [0.25, 0.3) is 0 Å². The third-order valence-electron chi connectivity index (χ3n) is 8.54. The number of hydrogen-bond acceptors (Lipinski definition) is 5. The minimum Gasteiger partial charge on any atom is -0.394 e. The number of hydrogen-bond donors (Lipinski definition) is 1. The Hall–Kier alpha value is -2.19. The van der Waals surface area contributed by atoms with Crippen molar-refractivity contribution in [3.05, 3.63) is 24.3 Å². The van der Waals surface area contributed by atoms with Gasteiger partial charge in [0.1, 0.15) is 11.6 Å². The molecule has 8 nitrogen and oxygen atoms in total. The summed E-state index contributed by atoms with van der Waals surface area (Å²) in [5.41, 5.74) is -2.21. The van der Waals surface area contributed by atoms with Crippen LogP contribution < -0.4 is 0 Å². The smallest absolute Gasteiger partial charge is 0.249 e. The number of aliphatic hydroxyl groups is 1. The van der Waals surface area contributed by atoms with E-state index < -0.39 is 35.1 Å². The van der Waals surface area contributed by atoms with E-state index in [0.29, 0.717) is 32.5 Å². The van der Waals surface area contributed by atoms with Gasteiger partial charge in [-0.2, -0.15) is 0 Å². The number of unbranched alkanes of at least 4 members (excludes halogenated alkanes) is 2. The molecule has 0 aromatic heterocycles. The van der Waals surface area contributed by atoms with Crippen LogP contribution in [0.2, 0.25) is 0 Å². The highest BCUT2D eigenvalue weighted by Gasteiger charge is 2.75. The second-order valence-electron chi connectivity index (χ2n) is 11.3. The van der Waals surface area contributed by atoms with Gasteiger partial charge in [0, 0.05) is 26.7 Å². The first kappa shape index (κ1) is 26.9. The summed E-state index contributed by atoms with van der Waals surface area (Å²) in [6.45, 7) is 9.44. The zero-order valence-electron chi connectivity index (χ0n) is 22.5. The number of ether oxygens (including phenoxy) is 1. The van der Waals surface area contributed by atoms with Crippen molar-refractivity contribution in [2.75, 3.05) is 33.3 Å². The summed E-state index contributed by atoms with van der Waals surface area (Å²) >= 11 is 0. The standard InChI is InChI=1S/C28H43N3O5/c1-6-8-9-15-30-16-11-13-28-22(21-24(33)29(5)14-10-12-27(21,7-2)36-28)25(34)31(23(28)26(30)35)20(18-32)17-19(3)4/h10-13,19-23,32H,6-9,14-18H2,1-5H3/t20-,21-,22+,23?,27+,28+/m1/s1. The molecule has 2 fully saturated rings. The lowest BCUT2D eigenvalue weighted by molar-refractivity contribution is -0.157. The topological polar surface area (TPSA) is 90.4 Å². The highest BCUT2D eigenvalue weighted by molar-refractivity contribution is 6.00. The summed E-state index contributed by atoms with van der Waals surface area (Å²) in [5, 5.41) is 10.4. The molecule has 1 N–H and O–H groups in total. The van der Waals surface area contributed by atoms with Crippen molar-refractivity contribution in [1.82, 2.24) is 14.7 Å². The normalized spacial score (nSPS) is 34.7. The van der Waals surface area contributed by atoms with E-state index in [1.54, 1.807) is 16.8 Å². The number of likely N-dealkylation sites (N-methyl/N-ethyl adjacent to an activating group) is 1. The first-order chi connectivity index (χ1) is 17.2. The molecule has 0 aromatic carbocycles. The molecule has 0 aliphatic carbocycles. The molecule has 1 unspecified atom stereocenters. The molecular formula is C28H43N3O5. The zero-order chi connectivity index (χ0) is 26.3. The summed E-state index contributed by atoms with van der Waals surface area (Å²) in [5.74, 6) is -1.88. The number of carbonyl (C=O) groups excluding carboxylic acids is 3. The molecular weight excluding hydrogens is 458 g/mol. The lowest BCUT2D eigenvalue weighted by Crippen LogP contribution is -2.59. The van der Waals surface area contributed by atoms with Crippen LogP contribution in [-0.2, 0) is 19.1 Å². The third-order valence-corrected chi connectivity index (χ3v) is 8.54. The fraction of sp³-hybridized carbons (Fsp3) is 0.750. The molecule has 4 rings (SSSR count). The van der Waals surface area contributed by atoms with E-state index in [-0.39, 0.29) is 30.2 Å². The summed E-state index contributed by atoms with van der Waals surface area (Å²) in [6, 6.07) is -1.43. The van der Waals surface area contributed by atoms with Gasteiger partial charge in [0.05, 0.1) is 30.1 Å². The van der Waals surface area contributed by atoms with E-state index >= 15 is 0 Å². The molecule has 4 aliphatic rings. The van der Waals surface area contributed by atoms with Crippen LogP contribution in [0.5, 0.6) is 0 Å². The number of carbonyl (C=O) groups is 3. The van der Waals surface area contributed by atoms with Crippen LogP contribution in [0.4, 0.5) is 0 Å². The molecule has 8 heteroatoms. The number of amides is 3. The lowest BCUT2D eigenvalue weighted by atomic mass is 9.73. The Kier molecular flexibility index (Phi) is 7.68. The van der Waals surface area contributed by atoms with Gasteiger partial charge in [-0.25, -0.2) is 0 Å². The maximum Gasteiger partial charge on any atom is 0.249 e. The zero-order valence-corrected chi connectivity index (χ0v) is 22.5. The van der Waals surface area contributed by atoms with Crippen LogP contribution in [0, 0.1) is 17.8 Å². The van der Waals surface area contributed by atoms with E-state index in [4.69, 9.17) is 4.74 Å². The molecule has 36 heavy (non-hydrogen) atoms. The van der Waals surface area contributed by atoms with E-state index in [0.717, 1.165) is 19.3 Å². The molecule has 0 bridgehead atoms. The van der Waals surface area contributed by atoms with Crippen LogP contribution in [0.25, 0.3) is 0 Å². The van der Waals surface area contributed by atoms with Crippen LogP contribution in [-0.4, -0.2) is 94.1 Å². The molecule has 200 valence electrons. The molecule has 0 saturated carbocycles. The molecule has 6 atom stereocenters. The van der Waals surface area contributed by atoms with E-state index in [2.05, 4.69) is 6.92 Å². The minimum atomic E-state index is -1.25. The Bertz CT molecular complexity index is 932. The Morgan fingerprint density at radius 1 is 1.03 bits per heavy atom. The van der Waals surface area contributed by atoms with Gasteiger partial charge in [-0.1, -0.05) is 64.8 Å². The first-order valence-corrected chi connectivity index (χ1v) is 13.7. The van der Waals surface area contributed by atoms with Gasteiger partial charge in [-0.15, -0.1) is 0 Å². The molecule has 2 saturated heterocycles. The van der Waals surface area contributed by atoms with Crippen molar-refractivity contribution in [2.45, 2.75) is 83.1 Å². The number of likely N-dealkylation sites (tertiary alicyclic amines) is 1. The molecule has 0 radical (unpaired) electrons. The average Bonchev–Trinajstić information content (AvgIpc) is 3.16. The van der Waals surface area contributed by atoms with Gasteiger partial charge in [-0.05, 0) is 25.2 Å². The number of fused-ring (bicyclic) bond motifs is 2. The maximum atomic E-state index is 14.4. The van der Waals surface area contributed by atoms with Crippen molar-refractivity contribution in [3.8, 4) is 0 Å². The molecule has 4 heterocycles. The van der Waals surface area contributed by atoms with Crippen LogP contribution in [0.3, 0.4) is 0 Å². The maximum absolute atomic E-state index is 14.4. The van der Waals surface area contributed by atoms with Gasteiger partial charge in [-0.3, -0.25) is 14.4 Å². The minimum absolute atomic E-state index is 0.132. The third kappa shape index (κ3) is 4.10.